The van der Waals surface area contributed by atoms with Gasteiger partial charge in [0.1, 0.15) is 24.2 Å². The quantitative estimate of drug-likeness (QED) is 0.360. The van der Waals surface area contributed by atoms with E-state index in [1.165, 1.54) is 62.6 Å². The van der Waals surface area contributed by atoms with Crippen molar-refractivity contribution in [1.82, 2.24) is 10.2 Å². The molecule has 0 heterocycles. The lowest BCUT2D eigenvalue weighted by molar-refractivity contribution is -0.139. The van der Waals surface area contributed by atoms with Crippen molar-refractivity contribution in [3.8, 4) is 5.75 Å². The van der Waals surface area contributed by atoms with Crippen molar-refractivity contribution >= 4 is 39.1 Å². The zero-order valence-corrected chi connectivity index (χ0v) is 23.7. The molecule has 0 spiro atoms. The Morgan fingerprint density at radius 3 is 2.26 bits per heavy atom. The largest absolute Gasteiger partial charge is 0.495 e. The van der Waals surface area contributed by atoms with Gasteiger partial charge in [-0.2, -0.15) is 0 Å². The SMILES string of the molecule is COc1ccc(Cl)cc1N(CC(=O)N(Cc1ccccc1F)[C@H](C)C(=O)NC(C)C)S(=O)(=O)c1ccccc1. The van der Waals surface area contributed by atoms with E-state index < -0.39 is 40.2 Å². The number of halogens is 2. The van der Waals surface area contributed by atoms with E-state index in [1.807, 2.05) is 0 Å². The molecule has 1 N–H and O–H groups in total. The van der Waals surface area contributed by atoms with Gasteiger partial charge in [-0.25, -0.2) is 12.8 Å². The summed E-state index contributed by atoms with van der Waals surface area (Å²) in [7, 11) is -2.94. The molecule has 0 saturated heterocycles. The van der Waals surface area contributed by atoms with Crippen LogP contribution >= 0.6 is 11.6 Å². The second kappa shape index (κ2) is 12.9. The number of rotatable bonds is 11. The van der Waals surface area contributed by atoms with Crippen LogP contribution in [-0.2, 0) is 26.2 Å². The Bertz CT molecular complexity index is 1420. The summed E-state index contributed by atoms with van der Waals surface area (Å²) in [5.41, 5.74) is 0.208. The number of benzene rings is 3. The van der Waals surface area contributed by atoms with Gasteiger partial charge in [0.2, 0.25) is 11.8 Å². The van der Waals surface area contributed by atoms with E-state index in [4.69, 9.17) is 16.3 Å². The molecule has 0 aromatic heterocycles. The summed E-state index contributed by atoms with van der Waals surface area (Å²) in [4.78, 5) is 27.9. The molecule has 11 heteroatoms. The molecular weight excluding hydrogens is 545 g/mol. The highest BCUT2D eigenvalue weighted by Crippen LogP contribution is 2.35. The van der Waals surface area contributed by atoms with E-state index in [-0.39, 0.29) is 39.5 Å². The maximum absolute atomic E-state index is 14.6. The molecule has 0 fully saturated rings. The Hall–Kier alpha value is -3.63. The number of hydrogen-bond acceptors (Lipinski definition) is 5. The van der Waals surface area contributed by atoms with Gasteiger partial charge in [-0.15, -0.1) is 0 Å². The van der Waals surface area contributed by atoms with Gasteiger partial charge in [0, 0.05) is 23.2 Å². The summed E-state index contributed by atoms with van der Waals surface area (Å²) in [6, 6.07) is 16.6. The molecule has 208 valence electrons. The Balaban J connectivity index is 2.10. The molecule has 39 heavy (non-hydrogen) atoms. The number of methoxy groups -OCH3 is 1. The molecule has 3 aromatic rings. The minimum atomic E-state index is -4.31. The Morgan fingerprint density at radius 1 is 1.00 bits per heavy atom. The van der Waals surface area contributed by atoms with Crippen LogP contribution in [0.2, 0.25) is 5.02 Å². The summed E-state index contributed by atoms with van der Waals surface area (Å²) < 4.78 is 48.6. The van der Waals surface area contributed by atoms with Crippen LogP contribution in [0, 0.1) is 5.82 Å². The first kappa shape index (κ1) is 29.9. The fourth-order valence-electron chi connectivity index (χ4n) is 3.89. The molecule has 0 unspecified atom stereocenters. The van der Waals surface area contributed by atoms with E-state index >= 15 is 0 Å². The van der Waals surface area contributed by atoms with Crippen LogP contribution in [0.1, 0.15) is 26.3 Å². The van der Waals surface area contributed by atoms with E-state index in [0.717, 1.165) is 9.21 Å². The number of hydrogen-bond donors (Lipinski definition) is 1. The van der Waals surface area contributed by atoms with Gasteiger partial charge in [-0.1, -0.05) is 48.0 Å². The molecule has 0 radical (unpaired) electrons. The predicted octanol–water partition coefficient (Wildman–Crippen LogP) is 4.62. The minimum absolute atomic E-state index is 0.0346. The summed E-state index contributed by atoms with van der Waals surface area (Å²) in [5.74, 6) is -1.59. The van der Waals surface area contributed by atoms with E-state index in [9.17, 15) is 22.4 Å². The van der Waals surface area contributed by atoms with Crippen LogP contribution < -0.4 is 14.4 Å². The number of nitrogens with zero attached hydrogens (tertiary/aromatic N) is 2. The van der Waals surface area contributed by atoms with Gasteiger partial charge < -0.3 is 15.0 Å². The zero-order chi connectivity index (χ0) is 28.7. The lowest BCUT2D eigenvalue weighted by atomic mass is 10.1. The van der Waals surface area contributed by atoms with E-state index in [0.29, 0.717) is 0 Å². The summed E-state index contributed by atoms with van der Waals surface area (Å²) in [5, 5.41) is 2.97. The van der Waals surface area contributed by atoms with Gasteiger partial charge in [-0.3, -0.25) is 13.9 Å². The first-order valence-corrected chi connectivity index (χ1v) is 14.0. The maximum atomic E-state index is 14.6. The first-order valence-electron chi connectivity index (χ1n) is 12.2. The van der Waals surface area contributed by atoms with Crippen LogP contribution in [0.3, 0.4) is 0 Å². The molecule has 2 amide bonds. The van der Waals surface area contributed by atoms with Crippen molar-refractivity contribution in [3.05, 3.63) is 89.2 Å². The normalized spacial score (nSPS) is 12.1. The average molecular weight is 576 g/mol. The molecule has 3 aromatic carbocycles. The monoisotopic (exact) mass is 575 g/mol. The maximum Gasteiger partial charge on any atom is 0.264 e. The molecule has 0 aliphatic heterocycles. The number of carbonyl (C=O) groups is 2. The highest BCUT2D eigenvalue weighted by molar-refractivity contribution is 7.92. The number of sulfonamides is 1. The summed E-state index contributed by atoms with van der Waals surface area (Å²) >= 11 is 6.21. The molecular formula is C28H31ClFN3O5S. The van der Waals surface area contributed by atoms with Crippen molar-refractivity contribution in [2.24, 2.45) is 0 Å². The van der Waals surface area contributed by atoms with Crippen molar-refractivity contribution in [2.75, 3.05) is 18.0 Å². The second-order valence-corrected chi connectivity index (χ2v) is 11.4. The van der Waals surface area contributed by atoms with Crippen LogP contribution in [0.4, 0.5) is 10.1 Å². The van der Waals surface area contributed by atoms with Crippen LogP contribution in [0.5, 0.6) is 5.75 Å². The topological polar surface area (TPSA) is 96.0 Å². The molecule has 1 atom stereocenters. The Morgan fingerprint density at radius 2 is 1.64 bits per heavy atom. The third-order valence-corrected chi connectivity index (χ3v) is 7.93. The fraction of sp³-hybridized carbons (Fsp3) is 0.286. The summed E-state index contributed by atoms with van der Waals surface area (Å²) in [6.45, 7) is 4.08. The highest BCUT2D eigenvalue weighted by Gasteiger charge is 2.34. The van der Waals surface area contributed by atoms with Crippen LogP contribution in [-0.4, -0.2) is 50.9 Å². The molecule has 0 bridgehead atoms. The third-order valence-electron chi connectivity index (χ3n) is 5.92. The van der Waals surface area contributed by atoms with Gasteiger partial charge in [0.15, 0.2) is 0 Å². The van der Waals surface area contributed by atoms with Gasteiger partial charge >= 0.3 is 0 Å². The van der Waals surface area contributed by atoms with E-state index in [1.54, 1.807) is 38.1 Å². The van der Waals surface area contributed by atoms with Crippen molar-refractivity contribution in [2.45, 2.75) is 44.3 Å². The number of ether oxygens (including phenoxy) is 1. The number of anilines is 1. The standard InChI is InChI=1S/C28H31ClFN3O5S/c1-19(2)31-28(35)20(3)32(17-21-10-8-9-13-24(21)30)27(34)18-33(25-16-22(29)14-15-26(25)38-4)39(36,37)23-11-6-5-7-12-23/h5-16,19-20H,17-18H2,1-4H3,(H,31,35)/t20-/m1/s1. The summed E-state index contributed by atoms with van der Waals surface area (Å²) in [6.07, 6.45) is 0. The molecule has 3 rings (SSSR count). The Kier molecular flexibility index (Phi) is 9.93. The predicted molar refractivity (Wildman–Crippen MR) is 149 cm³/mol. The molecule has 0 saturated carbocycles. The van der Waals surface area contributed by atoms with Gasteiger partial charge in [-0.05, 0) is 57.2 Å². The average Bonchev–Trinajstić information content (AvgIpc) is 2.90. The smallest absolute Gasteiger partial charge is 0.264 e. The van der Waals surface area contributed by atoms with Crippen LogP contribution in [0.25, 0.3) is 0 Å². The zero-order valence-electron chi connectivity index (χ0n) is 22.1. The van der Waals surface area contributed by atoms with Crippen molar-refractivity contribution in [1.29, 1.82) is 0 Å². The molecule has 0 aliphatic carbocycles. The highest BCUT2D eigenvalue weighted by atomic mass is 35.5. The molecule has 8 nitrogen and oxygen atoms in total. The first-order chi connectivity index (χ1) is 18.4. The second-order valence-electron chi connectivity index (χ2n) is 9.09. The molecule has 0 aliphatic rings. The van der Waals surface area contributed by atoms with Gasteiger partial charge in [0.25, 0.3) is 10.0 Å². The number of carbonyl (C=O) groups excluding carboxylic acids is 2. The van der Waals surface area contributed by atoms with Gasteiger partial charge in [0.05, 0.1) is 17.7 Å². The van der Waals surface area contributed by atoms with E-state index in [2.05, 4.69) is 5.32 Å². The number of nitrogens with one attached hydrogen (secondary N) is 1. The lowest BCUT2D eigenvalue weighted by Gasteiger charge is -2.32. The van der Waals surface area contributed by atoms with Crippen molar-refractivity contribution < 1.29 is 27.1 Å². The third kappa shape index (κ3) is 7.27. The van der Waals surface area contributed by atoms with Crippen LogP contribution in [0.15, 0.2) is 77.7 Å². The lowest BCUT2D eigenvalue weighted by Crippen LogP contribution is -2.52. The number of amides is 2. The van der Waals surface area contributed by atoms with Crippen molar-refractivity contribution in [3.63, 3.8) is 0 Å². The Labute approximate surface area is 233 Å². The minimum Gasteiger partial charge on any atom is -0.495 e. The fourth-order valence-corrected chi connectivity index (χ4v) is 5.49.